The zero-order valence-corrected chi connectivity index (χ0v) is 11.2. The SMILES string of the molecule is Cc1ccc2ncnc(N3CSCC3C(=O)O)c2c1. The van der Waals surface area contributed by atoms with Crippen LogP contribution in [0, 0.1) is 6.92 Å². The van der Waals surface area contributed by atoms with Crippen molar-refractivity contribution in [3.8, 4) is 0 Å². The highest BCUT2D eigenvalue weighted by Gasteiger charge is 2.32. The number of fused-ring (bicyclic) bond motifs is 1. The number of nitrogens with zero attached hydrogens (tertiary/aromatic N) is 3. The lowest BCUT2D eigenvalue weighted by Crippen LogP contribution is -2.38. The van der Waals surface area contributed by atoms with Crippen LogP contribution in [0.1, 0.15) is 5.56 Å². The van der Waals surface area contributed by atoms with E-state index in [4.69, 9.17) is 0 Å². The molecule has 1 N–H and O–H groups in total. The number of rotatable bonds is 2. The highest BCUT2D eigenvalue weighted by molar-refractivity contribution is 7.99. The van der Waals surface area contributed by atoms with Gasteiger partial charge in [-0.05, 0) is 19.1 Å². The molecule has 2 aromatic rings. The van der Waals surface area contributed by atoms with Crippen LogP contribution in [-0.4, -0.2) is 38.7 Å². The first-order valence-corrected chi connectivity index (χ1v) is 7.11. The van der Waals surface area contributed by atoms with Crippen LogP contribution < -0.4 is 4.90 Å². The summed E-state index contributed by atoms with van der Waals surface area (Å²) in [5, 5.41) is 10.2. The van der Waals surface area contributed by atoms with Crippen molar-refractivity contribution in [2.45, 2.75) is 13.0 Å². The number of aryl methyl sites for hydroxylation is 1. The van der Waals surface area contributed by atoms with Crippen molar-refractivity contribution in [2.75, 3.05) is 16.5 Å². The van der Waals surface area contributed by atoms with E-state index in [2.05, 4.69) is 9.97 Å². The highest BCUT2D eigenvalue weighted by Crippen LogP contribution is 2.31. The van der Waals surface area contributed by atoms with Crippen molar-refractivity contribution in [3.05, 3.63) is 30.1 Å². The van der Waals surface area contributed by atoms with Crippen LogP contribution in [0.15, 0.2) is 24.5 Å². The maximum absolute atomic E-state index is 11.3. The summed E-state index contributed by atoms with van der Waals surface area (Å²) in [5.41, 5.74) is 1.96. The van der Waals surface area contributed by atoms with Crippen LogP contribution in [0.25, 0.3) is 10.9 Å². The Morgan fingerprint density at radius 2 is 2.32 bits per heavy atom. The molecule has 1 saturated heterocycles. The third-order valence-electron chi connectivity index (χ3n) is 3.21. The van der Waals surface area contributed by atoms with Crippen molar-refractivity contribution in [1.29, 1.82) is 0 Å². The smallest absolute Gasteiger partial charge is 0.327 e. The van der Waals surface area contributed by atoms with Crippen LogP contribution in [0.2, 0.25) is 0 Å². The largest absolute Gasteiger partial charge is 0.480 e. The fourth-order valence-electron chi connectivity index (χ4n) is 2.24. The molecule has 0 radical (unpaired) electrons. The molecule has 6 heteroatoms. The number of hydrogen-bond donors (Lipinski definition) is 1. The molecule has 0 bridgehead atoms. The fraction of sp³-hybridized carbons (Fsp3) is 0.308. The molecule has 1 aromatic carbocycles. The van der Waals surface area contributed by atoms with E-state index in [1.165, 1.54) is 6.33 Å². The van der Waals surface area contributed by atoms with E-state index in [1.807, 2.05) is 30.0 Å². The molecule has 2 heterocycles. The summed E-state index contributed by atoms with van der Waals surface area (Å²) in [6, 6.07) is 5.43. The molecule has 1 fully saturated rings. The second-order valence-electron chi connectivity index (χ2n) is 4.54. The first-order valence-electron chi connectivity index (χ1n) is 5.95. The Labute approximate surface area is 114 Å². The van der Waals surface area contributed by atoms with Gasteiger partial charge in [0.25, 0.3) is 0 Å². The van der Waals surface area contributed by atoms with Crippen LogP contribution in [-0.2, 0) is 4.79 Å². The molecule has 1 aromatic heterocycles. The first kappa shape index (κ1) is 12.2. The Kier molecular flexibility index (Phi) is 3.02. The summed E-state index contributed by atoms with van der Waals surface area (Å²) in [6.45, 7) is 2.00. The van der Waals surface area contributed by atoms with Gasteiger partial charge in [-0.2, -0.15) is 0 Å². The summed E-state index contributed by atoms with van der Waals surface area (Å²) in [7, 11) is 0. The lowest BCUT2D eigenvalue weighted by molar-refractivity contribution is -0.137. The monoisotopic (exact) mass is 275 g/mol. The first-order chi connectivity index (χ1) is 9.16. The molecule has 0 spiro atoms. The molecule has 19 heavy (non-hydrogen) atoms. The number of aliphatic carboxylic acids is 1. The van der Waals surface area contributed by atoms with Gasteiger partial charge in [0.15, 0.2) is 0 Å². The molecular weight excluding hydrogens is 262 g/mol. The third-order valence-corrected chi connectivity index (χ3v) is 4.22. The van der Waals surface area contributed by atoms with E-state index < -0.39 is 12.0 Å². The molecule has 5 nitrogen and oxygen atoms in total. The van der Waals surface area contributed by atoms with Gasteiger partial charge in [0, 0.05) is 11.1 Å². The molecule has 1 unspecified atom stereocenters. The van der Waals surface area contributed by atoms with Crippen LogP contribution in [0.3, 0.4) is 0 Å². The van der Waals surface area contributed by atoms with Gasteiger partial charge in [0.1, 0.15) is 18.2 Å². The Hall–Kier alpha value is -1.82. The van der Waals surface area contributed by atoms with E-state index in [1.54, 1.807) is 11.8 Å². The predicted molar refractivity (Wildman–Crippen MR) is 75.5 cm³/mol. The Morgan fingerprint density at radius 1 is 1.47 bits per heavy atom. The molecule has 0 aliphatic carbocycles. The minimum absolute atomic E-state index is 0.511. The Balaban J connectivity index is 2.14. The molecule has 1 atom stereocenters. The van der Waals surface area contributed by atoms with Crippen LogP contribution >= 0.6 is 11.8 Å². The summed E-state index contributed by atoms with van der Waals surface area (Å²) in [5.74, 6) is 1.15. The van der Waals surface area contributed by atoms with Gasteiger partial charge in [0.2, 0.25) is 0 Å². The van der Waals surface area contributed by atoms with E-state index in [0.29, 0.717) is 17.4 Å². The van der Waals surface area contributed by atoms with E-state index in [9.17, 15) is 9.90 Å². The quantitative estimate of drug-likeness (QED) is 0.903. The Bertz CT molecular complexity index is 647. The van der Waals surface area contributed by atoms with Gasteiger partial charge in [-0.25, -0.2) is 14.8 Å². The van der Waals surface area contributed by atoms with Gasteiger partial charge in [0.05, 0.1) is 11.4 Å². The summed E-state index contributed by atoms with van der Waals surface area (Å²) < 4.78 is 0. The van der Waals surface area contributed by atoms with Crippen LogP contribution in [0.4, 0.5) is 5.82 Å². The number of hydrogen-bond acceptors (Lipinski definition) is 5. The van der Waals surface area contributed by atoms with E-state index in [0.717, 1.165) is 16.5 Å². The highest BCUT2D eigenvalue weighted by atomic mass is 32.2. The topological polar surface area (TPSA) is 66.3 Å². The minimum atomic E-state index is -0.801. The average molecular weight is 275 g/mol. The van der Waals surface area contributed by atoms with Gasteiger partial charge in [-0.15, -0.1) is 11.8 Å². The number of carbonyl (C=O) groups is 1. The molecule has 98 valence electrons. The number of anilines is 1. The molecule has 0 amide bonds. The van der Waals surface area contributed by atoms with Gasteiger partial charge < -0.3 is 10.0 Å². The number of benzene rings is 1. The zero-order valence-electron chi connectivity index (χ0n) is 10.4. The van der Waals surface area contributed by atoms with Crippen LogP contribution in [0.5, 0.6) is 0 Å². The summed E-state index contributed by atoms with van der Waals surface area (Å²) in [6.07, 6.45) is 1.49. The molecule has 1 aliphatic rings. The van der Waals surface area contributed by atoms with Crippen molar-refractivity contribution < 1.29 is 9.90 Å². The van der Waals surface area contributed by atoms with E-state index >= 15 is 0 Å². The van der Waals surface area contributed by atoms with Gasteiger partial charge >= 0.3 is 5.97 Å². The molecular formula is C13H13N3O2S. The maximum atomic E-state index is 11.3. The van der Waals surface area contributed by atoms with Crippen molar-refractivity contribution >= 4 is 34.5 Å². The normalized spacial score (nSPS) is 19.0. The number of thioether (sulfide) groups is 1. The zero-order chi connectivity index (χ0) is 13.4. The third kappa shape index (κ3) is 2.12. The van der Waals surface area contributed by atoms with Crippen molar-refractivity contribution in [2.24, 2.45) is 0 Å². The fourth-order valence-corrected chi connectivity index (χ4v) is 3.39. The summed E-state index contributed by atoms with van der Waals surface area (Å²) in [4.78, 5) is 21.7. The standard InChI is InChI=1S/C13H13N3O2S/c1-8-2-3-10-9(4-8)12(15-6-14-10)16-7-19-5-11(16)13(17)18/h2-4,6,11H,5,7H2,1H3,(H,17,18). The predicted octanol–water partition coefficient (Wildman–Crippen LogP) is 1.90. The number of carboxylic acid groups (broad SMARTS) is 1. The number of carboxylic acids is 1. The molecule has 0 saturated carbocycles. The van der Waals surface area contributed by atoms with Gasteiger partial charge in [-0.3, -0.25) is 0 Å². The minimum Gasteiger partial charge on any atom is -0.480 e. The lowest BCUT2D eigenvalue weighted by Gasteiger charge is -2.22. The number of aromatic nitrogens is 2. The van der Waals surface area contributed by atoms with Gasteiger partial charge in [-0.1, -0.05) is 11.6 Å². The lowest BCUT2D eigenvalue weighted by atomic mass is 10.1. The maximum Gasteiger partial charge on any atom is 0.327 e. The van der Waals surface area contributed by atoms with Crippen molar-refractivity contribution in [1.82, 2.24) is 9.97 Å². The van der Waals surface area contributed by atoms with E-state index in [-0.39, 0.29) is 0 Å². The second kappa shape index (κ2) is 4.70. The Morgan fingerprint density at radius 3 is 3.11 bits per heavy atom. The second-order valence-corrected chi connectivity index (χ2v) is 5.54. The molecule has 3 rings (SSSR count). The molecule has 1 aliphatic heterocycles. The average Bonchev–Trinajstić information content (AvgIpc) is 2.87. The summed E-state index contributed by atoms with van der Waals surface area (Å²) >= 11 is 1.61. The van der Waals surface area contributed by atoms with Crippen molar-refractivity contribution in [3.63, 3.8) is 0 Å².